The van der Waals surface area contributed by atoms with Crippen LogP contribution in [0.15, 0.2) is 46.4 Å². The lowest BCUT2D eigenvalue weighted by atomic mass is 10.1. The molecule has 3 aromatic rings. The molecule has 8 heteroatoms. The summed E-state index contributed by atoms with van der Waals surface area (Å²) in [7, 11) is -2.99. The number of aryl methyl sites for hydroxylation is 1. The topological polar surface area (TPSA) is 72.5 Å². The van der Waals surface area contributed by atoms with E-state index in [-0.39, 0.29) is 29.9 Å². The first-order valence-corrected chi connectivity index (χ1v) is 12.7. The summed E-state index contributed by atoms with van der Waals surface area (Å²) in [4.78, 5) is 16.5. The number of sulfone groups is 1. The van der Waals surface area contributed by atoms with Crippen molar-refractivity contribution in [3.05, 3.63) is 69.6 Å². The summed E-state index contributed by atoms with van der Waals surface area (Å²) in [5.74, 6) is 1.23. The second-order valence-corrected chi connectivity index (χ2v) is 11.2. The van der Waals surface area contributed by atoms with E-state index in [1.54, 1.807) is 17.6 Å². The molecule has 1 unspecified atom stereocenters. The summed E-state index contributed by atoms with van der Waals surface area (Å²) in [5.41, 5.74) is 2.47. The molecule has 6 nitrogen and oxygen atoms in total. The first-order valence-electron chi connectivity index (χ1n) is 10.0. The highest BCUT2D eigenvalue weighted by atomic mass is 32.2. The fraction of sp³-hybridized carbons (Fsp3) is 0.409. The van der Waals surface area contributed by atoms with Crippen molar-refractivity contribution < 1.29 is 17.6 Å². The lowest BCUT2D eigenvalue weighted by Gasteiger charge is -2.20. The van der Waals surface area contributed by atoms with Crippen molar-refractivity contribution in [1.29, 1.82) is 0 Å². The molecule has 4 rings (SSSR count). The van der Waals surface area contributed by atoms with Gasteiger partial charge < -0.3 is 8.98 Å². The van der Waals surface area contributed by atoms with Crippen LogP contribution in [-0.2, 0) is 22.9 Å². The summed E-state index contributed by atoms with van der Waals surface area (Å²) in [6.45, 7) is 5.36. The molecule has 1 atom stereocenters. The van der Waals surface area contributed by atoms with Crippen LogP contribution in [0, 0.1) is 13.8 Å². The number of hydrogen-bond donors (Lipinski definition) is 0. The molecule has 0 aliphatic carbocycles. The van der Waals surface area contributed by atoms with E-state index in [0.29, 0.717) is 25.1 Å². The maximum Gasteiger partial charge on any atom is 0.178 e. The minimum atomic E-state index is -2.99. The van der Waals surface area contributed by atoms with Crippen LogP contribution in [-0.4, -0.2) is 41.7 Å². The number of thiophene rings is 1. The van der Waals surface area contributed by atoms with E-state index in [4.69, 9.17) is 4.42 Å². The lowest BCUT2D eigenvalue weighted by molar-refractivity contribution is 0.0914. The molecule has 3 aromatic heterocycles. The van der Waals surface area contributed by atoms with Crippen LogP contribution in [0.3, 0.4) is 0 Å². The summed E-state index contributed by atoms with van der Waals surface area (Å²) in [6.07, 6.45) is 2.25. The number of nitrogens with zero attached hydrogens (tertiary/aromatic N) is 2. The minimum Gasteiger partial charge on any atom is -0.468 e. The minimum absolute atomic E-state index is 0.0401. The Kier molecular flexibility index (Phi) is 5.99. The highest BCUT2D eigenvalue weighted by molar-refractivity contribution is 7.91. The first-order chi connectivity index (χ1) is 14.3. The Balaban J connectivity index is 1.54. The molecule has 4 heterocycles. The van der Waals surface area contributed by atoms with E-state index in [1.807, 2.05) is 48.1 Å². The van der Waals surface area contributed by atoms with E-state index in [9.17, 15) is 13.2 Å². The maximum absolute atomic E-state index is 13.2. The predicted molar refractivity (Wildman–Crippen MR) is 118 cm³/mol. The molecule has 0 amide bonds. The molecule has 0 saturated carbocycles. The van der Waals surface area contributed by atoms with Crippen molar-refractivity contribution in [3.8, 4) is 0 Å². The quantitative estimate of drug-likeness (QED) is 0.489. The molecule has 0 radical (unpaired) electrons. The van der Waals surface area contributed by atoms with Gasteiger partial charge in [0.1, 0.15) is 5.76 Å². The normalized spacial score (nSPS) is 18.3. The average Bonchev–Trinajstić information content (AvgIpc) is 3.45. The SMILES string of the molecule is Cc1cc(C(=O)CN(Cc2ccco2)Cc2cccs2)c(C)n1C1CCS(=O)(=O)C1. The zero-order chi connectivity index (χ0) is 21.3. The Morgan fingerprint density at radius 2 is 2.10 bits per heavy atom. The van der Waals surface area contributed by atoms with Crippen LogP contribution in [0.5, 0.6) is 0 Å². The van der Waals surface area contributed by atoms with Crippen molar-refractivity contribution in [2.45, 2.75) is 39.4 Å². The smallest absolute Gasteiger partial charge is 0.178 e. The van der Waals surface area contributed by atoms with Crippen LogP contribution in [0.1, 0.15) is 44.8 Å². The molecule has 160 valence electrons. The molecule has 1 aliphatic heterocycles. The zero-order valence-corrected chi connectivity index (χ0v) is 18.8. The summed E-state index contributed by atoms with van der Waals surface area (Å²) >= 11 is 1.67. The number of hydrogen-bond acceptors (Lipinski definition) is 6. The fourth-order valence-electron chi connectivity index (χ4n) is 4.30. The third-order valence-electron chi connectivity index (χ3n) is 5.64. The summed E-state index contributed by atoms with van der Waals surface area (Å²) in [6, 6.07) is 9.66. The second kappa shape index (κ2) is 8.53. The van der Waals surface area contributed by atoms with Crippen molar-refractivity contribution in [2.75, 3.05) is 18.1 Å². The maximum atomic E-state index is 13.2. The Bertz CT molecular complexity index is 1080. The van der Waals surface area contributed by atoms with E-state index in [1.165, 1.54) is 4.88 Å². The number of ketones is 1. The van der Waals surface area contributed by atoms with Gasteiger partial charge in [-0.15, -0.1) is 11.3 Å². The van der Waals surface area contributed by atoms with Crippen LogP contribution in [0.25, 0.3) is 0 Å². The molecule has 1 aliphatic rings. The highest BCUT2D eigenvalue weighted by Gasteiger charge is 2.32. The lowest BCUT2D eigenvalue weighted by Crippen LogP contribution is -2.29. The van der Waals surface area contributed by atoms with Crippen LogP contribution in [0.2, 0.25) is 0 Å². The van der Waals surface area contributed by atoms with Gasteiger partial charge in [-0.2, -0.15) is 0 Å². The fourth-order valence-corrected chi connectivity index (χ4v) is 6.75. The largest absolute Gasteiger partial charge is 0.468 e. The van der Waals surface area contributed by atoms with E-state index < -0.39 is 9.84 Å². The van der Waals surface area contributed by atoms with Crippen molar-refractivity contribution >= 4 is 27.0 Å². The molecular weight excluding hydrogens is 420 g/mol. The van der Waals surface area contributed by atoms with Gasteiger partial charge in [0.25, 0.3) is 0 Å². The van der Waals surface area contributed by atoms with Gasteiger partial charge >= 0.3 is 0 Å². The van der Waals surface area contributed by atoms with E-state index in [0.717, 1.165) is 17.1 Å². The first kappa shape index (κ1) is 21.1. The number of Topliss-reactive ketones (excluding diaryl/α,β-unsaturated/α-hetero) is 1. The third-order valence-corrected chi connectivity index (χ3v) is 8.26. The summed E-state index contributed by atoms with van der Waals surface area (Å²) < 4.78 is 31.4. The van der Waals surface area contributed by atoms with Gasteiger partial charge in [0.2, 0.25) is 0 Å². The molecule has 0 N–H and O–H groups in total. The Hall–Kier alpha value is -2.16. The van der Waals surface area contributed by atoms with Crippen LogP contribution < -0.4 is 0 Å². The molecule has 0 spiro atoms. The molecular formula is C22H26N2O4S2. The monoisotopic (exact) mass is 446 g/mol. The Labute approximate surface area is 181 Å². The standard InChI is InChI=1S/C22H26N2O4S2/c1-16-11-21(17(2)24(16)18-7-10-30(26,27)15-18)22(25)14-23(12-19-5-3-8-28-19)13-20-6-4-9-29-20/h3-6,8-9,11,18H,7,10,12-15H2,1-2H3. The molecule has 0 bridgehead atoms. The van der Waals surface area contributed by atoms with Gasteiger partial charge in [-0.25, -0.2) is 8.42 Å². The van der Waals surface area contributed by atoms with Gasteiger partial charge in [0.05, 0.1) is 30.9 Å². The van der Waals surface area contributed by atoms with Gasteiger partial charge in [0.15, 0.2) is 15.6 Å². The predicted octanol–water partition coefficient (Wildman–Crippen LogP) is 4.00. The number of carbonyl (C=O) groups excluding carboxylic acids is 1. The molecule has 0 aromatic carbocycles. The third kappa shape index (κ3) is 4.61. The van der Waals surface area contributed by atoms with Gasteiger partial charge in [-0.05, 0) is 49.9 Å². The zero-order valence-electron chi connectivity index (χ0n) is 17.2. The summed E-state index contributed by atoms with van der Waals surface area (Å²) in [5, 5.41) is 2.03. The van der Waals surface area contributed by atoms with E-state index >= 15 is 0 Å². The Morgan fingerprint density at radius 3 is 2.73 bits per heavy atom. The van der Waals surface area contributed by atoms with Crippen LogP contribution >= 0.6 is 11.3 Å². The van der Waals surface area contributed by atoms with Crippen LogP contribution in [0.4, 0.5) is 0 Å². The Morgan fingerprint density at radius 1 is 1.27 bits per heavy atom. The van der Waals surface area contributed by atoms with Crippen molar-refractivity contribution in [2.24, 2.45) is 0 Å². The number of rotatable bonds is 8. The number of aromatic nitrogens is 1. The van der Waals surface area contributed by atoms with Crippen molar-refractivity contribution in [1.82, 2.24) is 9.47 Å². The van der Waals surface area contributed by atoms with Gasteiger partial charge in [0, 0.05) is 34.4 Å². The number of furan rings is 1. The highest BCUT2D eigenvalue weighted by Crippen LogP contribution is 2.29. The van der Waals surface area contributed by atoms with Gasteiger partial charge in [-0.3, -0.25) is 9.69 Å². The molecule has 1 saturated heterocycles. The second-order valence-electron chi connectivity index (χ2n) is 7.94. The number of carbonyl (C=O) groups is 1. The van der Waals surface area contributed by atoms with Gasteiger partial charge in [-0.1, -0.05) is 6.07 Å². The average molecular weight is 447 g/mol. The molecule has 30 heavy (non-hydrogen) atoms. The van der Waals surface area contributed by atoms with Crippen molar-refractivity contribution in [3.63, 3.8) is 0 Å². The molecule has 1 fully saturated rings. The van der Waals surface area contributed by atoms with E-state index in [2.05, 4.69) is 11.0 Å².